The number of sulfonamides is 1. The first-order valence-corrected chi connectivity index (χ1v) is 9.29. The van der Waals surface area contributed by atoms with E-state index in [2.05, 4.69) is 9.71 Å². The number of imidazole rings is 1. The van der Waals surface area contributed by atoms with Gasteiger partial charge in [-0.3, -0.25) is 0 Å². The number of rotatable bonds is 5. The predicted octanol–water partition coefficient (Wildman–Crippen LogP) is 2.01. The molecular weight excluding hydrogens is 333 g/mol. The van der Waals surface area contributed by atoms with Crippen LogP contribution >= 0.6 is 0 Å². The molecule has 130 valence electrons. The minimum Gasteiger partial charge on any atom is -0.381 e. The summed E-state index contributed by atoms with van der Waals surface area (Å²) in [6, 6.07) is 4.83. The summed E-state index contributed by atoms with van der Waals surface area (Å²) >= 11 is 0. The van der Waals surface area contributed by atoms with Crippen LogP contribution in [-0.4, -0.2) is 31.2 Å². The summed E-state index contributed by atoms with van der Waals surface area (Å²) in [5, 5.41) is 0. The van der Waals surface area contributed by atoms with Gasteiger partial charge in [-0.05, 0) is 30.9 Å². The van der Waals surface area contributed by atoms with Crippen molar-refractivity contribution in [3.63, 3.8) is 0 Å². The number of ether oxygens (including phenoxy) is 1. The third-order valence-electron chi connectivity index (χ3n) is 4.28. The fourth-order valence-corrected chi connectivity index (χ4v) is 4.32. The van der Waals surface area contributed by atoms with Gasteiger partial charge in [0.25, 0.3) is 0 Å². The van der Waals surface area contributed by atoms with Gasteiger partial charge in [0.1, 0.15) is 16.5 Å². The molecule has 0 saturated carbocycles. The Bertz CT molecular complexity index is 800. The molecule has 0 spiro atoms. The third kappa shape index (κ3) is 3.50. The SMILES string of the molecule is Cn1ccnc1C(NS(=O)(=O)c1ccccc1F)C1CCOCC1. The minimum atomic E-state index is -4.00. The number of benzene rings is 1. The molecule has 1 N–H and O–H groups in total. The molecule has 1 unspecified atom stereocenters. The maximum Gasteiger partial charge on any atom is 0.244 e. The standard InChI is InChI=1S/C16H20FN3O3S/c1-20-9-8-18-16(20)15(12-6-10-23-11-7-12)19-24(21,22)14-5-3-2-4-13(14)17/h2-5,8-9,12,15,19H,6-7,10-11H2,1H3. The van der Waals surface area contributed by atoms with E-state index in [0.717, 1.165) is 18.9 Å². The van der Waals surface area contributed by atoms with Gasteiger partial charge in [0, 0.05) is 32.7 Å². The fraction of sp³-hybridized carbons (Fsp3) is 0.438. The van der Waals surface area contributed by atoms with Crippen molar-refractivity contribution in [3.05, 3.63) is 48.3 Å². The van der Waals surface area contributed by atoms with Crippen LogP contribution in [0.5, 0.6) is 0 Å². The van der Waals surface area contributed by atoms with E-state index >= 15 is 0 Å². The Hall–Kier alpha value is -1.77. The van der Waals surface area contributed by atoms with E-state index in [0.29, 0.717) is 19.0 Å². The highest BCUT2D eigenvalue weighted by Crippen LogP contribution is 2.31. The molecule has 1 saturated heterocycles. The van der Waals surface area contributed by atoms with Gasteiger partial charge in [0.05, 0.1) is 6.04 Å². The Kier molecular flexibility index (Phi) is 4.98. The number of nitrogens with one attached hydrogen (secondary N) is 1. The van der Waals surface area contributed by atoms with Crippen molar-refractivity contribution in [2.24, 2.45) is 13.0 Å². The Morgan fingerprint density at radius 2 is 2.04 bits per heavy atom. The Balaban J connectivity index is 1.94. The average molecular weight is 353 g/mol. The van der Waals surface area contributed by atoms with Crippen LogP contribution in [0.15, 0.2) is 41.6 Å². The summed E-state index contributed by atoms with van der Waals surface area (Å²) in [7, 11) is -2.19. The van der Waals surface area contributed by atoms with E-state index in [9.17, 15) is 12.8 Å². The molecule has 1 aliphatic rings. The van der Waals surface area contributed by atoms with E-state index in [1.165, 1.54) is 18.2 Å². The molecule has 8 heteroatoms. The largest absolute Gasteiger partial charge is 0.381 e. The molecule has 0 bridgehead atoms. The molecule has 3 rings (SSSR count). The van der Waals surface area contributed by atoms with Gasteiger partial charge < -0.3 is 9.30 Å². The van der Waals surface area contributed by atoms with Crippen LogP contribution in [0.1, 0.15) is 24.7 Å². The Morgan fingerprint density at radius 3 is 2.67 bits per heavy atom. The highest BCUT2D eigenvalue weighted by Gasteiger charge is 2.33. The number of aromatic nitrogens is 2. The van der Waals surface area contributed by atoms with Gasteiger partial charge in [0.15, 0.2) is 0 Å². The van der Waals surface area contributed by atoms with Gasteiger partial charge in [-0.15, -0.1) is 0 Å². The van der Waals surface area contributed by atoms with Gasteiger partial charge in [-0.25, -0.2) is 22.5 Å². The van der Waals surface area contributed by atoms with Crippen molar-refractivity contribution >= 4 is 10.0 Å². The first-order valence-electron chi connectivity index (χ1n) is 7.81. The lowest BCUT2D eigenvalue weighted by Crippen LogP contribution is -2.37. The average Bonchev–Trinajstić information content (AvgIpc) is 2.99. The molecule has 1 atom stereocenters. The second-order valence-corrected chi connectivity index (χ2v) is 7.56. The summed E-state index contributed by atoms with van der Waals surface area (Å²) in [5.74, 6) is -0.112. The van der Waals surface area contributed by atoms with Crippen molar-refractivity contribution in [1.29, 1.82) is 0 Å². The minimum absolute atomic E-state index is 0.0430. The molecule has 1 aromatic heterocycles. The Morgan fingerprint density at radius 1 is 1.33 bits per heavy atom. The number of aryl methyl sites for hydroxylation is 1. The van der Waals surface area contributed by atoms with E-state index in [1.54, 1.807) is 17.0 Å². The topological polar surface area (TPSA) is 73.2 Å². The molecule has 1 aliphatic heterocycles. The van der Waals surface area contributed by atoms with Gasteiger partial charge >= 0.3 is 0 Å². The first-order chi connectivity index (χ1) is 11.5. The van der Waals surface area contributed by atoms with Crippen LogP contribution < -0.4 is 4.72 Å². The maximum atomic E-state index is 13.9. The lowest BCUT2D eigenvalue weighted by atomic mass is 9.92. The normalized spacial score (nSPS) is 17.8. The fourth-order valence-electron chi connectivity index (χ4n) is 2.98. The van der Waals surface area contributed by atoms with Crippen molar-refractivity contribution in [2.45, 2.75) is 23.8 Å². The van der Waals surface area contributed by atoms with E-state index < -0.39 is 21.9 Å². The summed E-state index contributed by atoms with van der Waals surface area (Å²) in [6.45, 7) is 1.15. The number of hydrogen-bond donors (Lipinski definition) is 1. The van der Waals surface area contributed by atoms with Gasteiger partial charge in [0.2, 0.25) is 10.0 Å². The van der Waals surface area contributed by atoms with Crippen molar-refractivity contribution in [3.8, 4) is 0 Å². The zero-order valence-corrected chi connectivity index (χ0v) is 14.2. The van der Waals surface area contributed by atoms with Crippen molar-refractivity contribution in [2.75, 3.05) is 13.2 Å². The predicted molar refractivity (Wildman–Crippen MR) is 86.2 cm³/mol. The number of hydrogen-bond acceptors (Lipinski definition) is 4. The molecule has 6 nitrogen and oxygen atoms in total. The van der Waals surface area contributed by atoms with Crippen LogP contribution in [0.4, 0.5) is 4.39 Å². The Labute approximate surface area is 140 Å². The summed E-state index contributed by atoms with van der Waals surface area (Å²) < 4.78 is 49.1. The molecule has 2 aromatic rings. The summed E-state index contributed by atoms with van der Waals surface area (Å²) in [4.78, 5) is 3.94. The number of nitrogens with zero attached hydrogens (tertiary/aromatic N) is 2. The van der Waals surface area contributed by atoms with E-state index in [-0.39, 0.29) is 10.8 Å². The molecule has 2 heterocycles. The smallest absolute Gasteiger partial charge is 0.244 e. The van der Waals surface area contributed by atoms with E-state index in [4.69, 9.17) is 4.74 Å². The highest BCUT2D eigenvalue weighted by atomic mass is 32.2. The molecule has 1 aromatic carbocycles. The van der Waals surface area contributed by atoms with Crippen LogP contribution in [0.3, 0.4) is 0 Å². The number of halogens is 1. The summed E-state index contributed by atoms with van der Waals surface area (Å²) in [6.07, 6.45) is 4.83. The van der Waals surface area contributed by atoms with Crippen molar-refractivity contribution < 1.29 is 17.5 Å². The second kappa shape index (κ2) is 7.00. The molecular formula is C16H20FN3O3S. The molecule has 24 heavy (non-hydrogen) atoms. The zero-order valence-electron chi connectivity index (χ0n) is 13.4. The van der Waals surface area contributed by atoms with Crippen LogP contribution in [0.2, 0.25) is 0 Å². The zero-order chi connectivity index (χ0) is 17.2. The molecule has 0 radical (unpaired) electrons. The van der Waals surface area contributed by atoms with Gasteiger partial charge in [-0.2, -0.15) is 0 Å². The quantitative estimate of drug-likeness (QED) is 0.892. The molecule has 0 amide bonds. The molecule has 0 aliphatic carbocycles. The highest BCUT2D eigenvalue weighted by molar-refractivity contribution is 7.89. The van der Waals surface area contributed by atoms with Crippen LogP contribution in [0, 0.1) is 11.7 Å². The second-order valence-electron chi connectivity index (χ2n) is 5.88. The van der Waals surface area contributed by atoms with Crippen LogP contribution in [0.25, 0.3) is 0 Å². The van der Waals surface area contributed by atoms with Crippen molar-refractivity contribution in [1.82, 2.24) is 14.3 Å². The van der Waals surface area contributed by atoms with Crippen LogP contribution in [-0.2, 0) is 21.8 Å². The first kappa shape index (κ1) is 17.1. The third-order valence-corrected chi connectivity index (χ3v) is 5.76. The van der Waals surface area contributed by atoms with Gasteiger partial charge in [-0.1, -0.05) is 12.1 Å². The maximum absolute atomic E-state index is 13.9. The lowest BCUT2D eigenvalue weighted by Gasteiger charge is -2.30. The molecule has 1 fully saturated rings. The lowest BCUT2D eigenvalue weighted by molar-refractivity contribution is 0.0551. The summed E-state index contributed by atoms with van der Waals surface area (Å²) in [5.41, 5.74) is 0. The van der Waals surface area contributed by atoms with E-state index in [1.807, 2.05) is 7.05 Å². The monoisotopic (exact) mass is 353 g/mol.